The number of carbonyl (C=O) groups is 2. The van der Waals surface area contributed by atoms with Gasteiger partial charge in [-0.05, 0) is 24.6 Å². The number of ether oxygens (including phenoxy) is 1. The van der Waals surface area contributed by atoms with Crippen molar-refractivity contribution >= 4 is 23.4 Å². The van der Waals surface area contributed by atoms with E-state index < -0.39 is 24.7 Å². The Kier molecular flexibility index (Phi) is 6.01. The van der Waals surface area contributed by atoms with Crippen molar-refractivity contribution in [3.8, 4) is 0 Å². The lowest BCUT2D eigenvalue weighted by Crippen LogP contribution is -2.43. The predicted molar refractivity (Wildman–Crippen MR) is 108 cm³/mol. The molecule has 2 unspecified atom stereocenters. The summed E-state index contributed by atoms with van der Waals surface area (Å²) in [5, 5.41) is 10.4. The van der Waals surface area contributed by atoms with Gasteiger partial charge in [0.15, 0.2) is 0 Å². The summed E-state index contributed by atoms with van der Waals surface area (Å²) in [6.45, 7) is 2.14. The molecule has 1 aromatic heterocycles. The summed E-state index contributed by atoms with van der Waals surface area (Å²) >= 11 is 0. The van der Waals surface area contributed by atoms with E-state index in [0.717, 1.165) is 0 Å². The number of nitrogens with one attached hydrogen (secondary N) is 1. The number of piperidine rings is 1. The number of hydrogen-bond donors (Lipinski definition) is 1. The van der Waals surface area contributed by atoms with Crippen molar-refractivity contribution in [3.05, 3.63) is 36.4 Å². The maximum Gasteiger partial charge on any atom is 0.414 e. The third-order valence-electron chi connectivity index (χ3n) is 5.71. The van der Waals surface area contributed by atoms with Crippen molar-refractivity contribution < 1.29 is 23.1 Å². The van der Waals surface area contributed by atoms with E-state index in [-0.39, 0.29) is 31.0 Å². The molecule has 2 aliphatic heterocycles. The molecule has 2 amide bonds. The van der Waals surface area contributed by atoms with Gasteiger partial charge in [0.1, 0.15) is 11.9 Å². The van der Waals surface area contributed by atoms with Crippen molar-refractivity contribution in [2.45, 2.75) is 25.5 Å². The highest BCUT2D eigenvalue weighted by Crippen LogP contribution is 2.34. The molecule has 1 aromatic carbocycles. The van der Waals surface area contributed by atoms with Crippen LogP contribution in [0, 0.1) is 11.7 Å². The Morgan fingerprint density at radius 3 is 2.87 bits per heavy atom. The molecule has 11 heteroatoms. The van der Waals surface area contributed by atoms with Crippen molar-refractivity contribution in [3.63, 3.8) is 0 Å². The molecule has 0 spiro atoms. The third-order valence-corrected chi connectivity index (χ3v) is 5.71. The number of amides is 2. The molecule has 31 heavy (non-hydrogen) atoms. The molecule has 2 saturated heterocycles. The van der Waals surface area contributed by atoms with Gasteiger partial charge in [0.25, 0.3) is 0 Å². The quantitative estimate of drug-likeness (QED) is 0.747. The van der Waals surface area contributed by atoms with Crippen LogP contribution in [0.1, 0.15) is 19.4 Å². The van der Waals surface area contributed by atoms with Crippen molar-refractivity contribution in [1.82, 2.24) is 20.3 Å². The highest BCUT2D eigenvalue weighted by atomic mass is 19.1. The number of halogens is 2. The number of benzene rings is 1. The van der Waals surface area contributed by atoms with Crippen LogP contribution >= 0.6 is 0 Å². The van der Waals surface area contributed by atoms with Crippen LogP contribution in [0.5, 0.6) is 0 Å². The fourth-order valence-electron chi connectivity index (χ4n) is 4.15. The number of carbonyl (C=O) groups excluding carboxylic acids is 2. The second-order valence-corrected chi connectivity index (χ2v) is 7.79. The van der Waals surface area contributed by atoms with Gasteiger partial charge in [0.2, 0.25) is 5.91 Å². The predicted octanol–water partition coefficient (Wildman–Crippen LogP) is 1.92. The maximum absolute atomic E-state index is 15.0. The second-order valence-electron chi connectivity index (χ2n) is 7.79. The zero-order valence-electron chi connectivity index (χ0n) is 17.1. The fraction of sp³-hybridized carbons (Fsp3) is 0.500. The van der Waals surface area contributed by atoms with Gasteiger partial charge in [0, 0.05) is 32.1 Å². The molecule has 0 radical (unpaired) electrons. The van der Waals surface area contributed by atoms with Crippen molar-refractivity contribution in [1.29, 1.82) is 0 Å². The van der Waals surface area contributed by atoms with E-state index in [1.54, 1.807) is 29.2 Å². The van der Waals surface area contributed by atoms with Gasteiger partial charge in [-0.25, -0.2) is 13.9 Å². The van der Waals surface area contributed by atoms with Gasteiger partial charge in [-0.3, -0.25) is 14.1 Å². The molecular formula is C20H24F2N6O3. The Morgan fingerprint density at radius 2 is 2.19 bits per heavy atom. The summed E-state index contributed by atoms with van der Waals surface area (Å²) in [7, 11) is 0. The van der Waals surface area contributed by atoms with Gasteiger partial charge < -0.3 is 15.0 Å². The molecular weight excluding hydrogens is 410 g/mol. The second kappa shape index (κ2) is 8.86. The van der Waals surface area contributed by atoms with E-state index in [0.29, 0.717) is 30.9 Å². The average molecular weight is 434 g/mol. The number of hydrogen-bond acceptors (Lipinski definition) is 6. The highest BCUT2D eigenvalue weighted by Gasteiger charge is 2.34. The first-order chi connectivity index (χ1) is 15.0. The number of anilines is 2. The van der Waals surface area contributed by atoms with E-state index in [4.69, 9.17) is 4.74 Å². The van der Waals surface area contributed by atoms with Gasteiger partial charge >= 0.3 is 6.09 Å². The molecule has 0 saturated carbocycles. The minimum atomic E-state index is -0.589. The number of nitrogens with zero attached hydrogens (tertiary/aromatic N) is 5. The van der Waals surface area contributed by atoms with Crippen LogP contribution < -0.4 is 15.1 Å². The smallest absolute Gasteiger partial charge is 0.414 e. The number of rotatable bonds is 6. The summed E-state index contributed by atoms with van der Waals surface area (Å²) in [5.74, 6) is -1.05. The normalized spacial score (nSPS) is 23.7. The SMILES string of the molecule is CC(=O)NC[C@H]1CN(c2ccc(N3CCC(n4ccnn4)C(CF)C3)c(F)c2)C(=O)O1. The summed E-state index contributed by atoms with van der Waals surface area (Å²) in [4.78, 5) is 26.4. The summed E-state index contributed by atoms with van der Waals surface area (Å²) < 4.78 is 35.6. The molecule has 2 aromatic rings. The van der Waals surface area contributed by atoms with Crippen LogP contribution in [-0.4, -0.2) is 66.0 Å². The Labute approximate surface area is 177 Å². The molecule has 3 atom stereocenters. The summed E-state index contributed by atoms with van der Waals surface area (Å²) in [6, 6.07) is 4.41. The largest absolute Gasteiger partial charge is 0.442 e. The van der Waals surface area contributed by atoms with Gasteiger partial charge in [-0.15, -0.1) is 5.10 Å². The Balaban J connectivity index is 1.44. The first-order valence-electron chi connectivity index (χ1n) is 10.1. The molecule has 9 nitrogen and oxygen atoms in total. The molecule has 0 bridgehead atoms. The fourth-order valence-corrected chi connectivity index (χ4v) is 4.15. The van der Waals surface area contributed by atoms with Gasteiger partial charge in [-0.1, -0.05) is 5.21 Å². The molecule has 0 aliphatic carbocycles. The molecule has 2 fully saturated rings. The first-order valence-corrected chi connectivity index (χ1v) is 10.1. The number of alkyl halides is 1. The van der Waals surface area contributed by atoms with E-state index in [9.17, 15) is 18.4 Å². The molecule has 3 heterocycles. The third kappa shape index (κ3) is 4.44. The van der Waals surface area contributed by atoms with Crippen molar-refractivity contribution in [2.24, 2.45) is 5.92 Å². The molecule has 166 valence electrons. The van der Waals surface area contributed by atoms with E-state index in [1.807, 2.05) is 4.90 Å². The van der Waals surface area contributed by atoms with Crippen LogP contribution in [0.15, 0.2) is 30.6 Å². The topological polar surface area (TPSA) is 92.6 Å². The molecule has 2 aliphatic rings. The Hall–Kier alpha value is -3.24. The lowest BCUT2D eigenvalue weighted by atomic mass is 9.93. The standard InChI is InChI=1S/C20H24F2N6O3/c1-13(29)23-10-16-12-27(20(30)31-16)15-2-3-19(17(22)8-15)26-6-4-18(14(9-21)11-26)28-7-5-24-25-28/h2-3,5,7-8,14,16,18H,4,6,9-12H2,1H3,(H,23,29)/t14?,16-,18?/m0/s1. The highest BCUT2D eigenvalue weighted by molar-refractivity contribution is 5.90. The molecule has 4 rings (SSSR count). The zero-order chi connectivity index (χ0) is 22.0. The lowest BCUT2D eigenvalue weighted by molar-refractivity contribution is -0.119. The first kappa shape index (κ1) is 21.0. The Morgan fingerprint density at radius 1 is 1.35 bits per heavy atom. The number of cyclic esters (lactones) is 1. The maximum atomic E-state index is 15.0. The van der Waals surface area contributed by atoms with E-state index in [2.05, 4.69) is 15.6 Å². The van der Waals surface area contributed by atoms with Crippen molar-refractivity contribution in [2.75, 3.05) is 42.7 Å². The van der Waals surface area contributed by atoms with Crippen LogP contribution in [0.3, 0.4) is 0 Å². The van der Waals surface area contributed by atoms with Crippen LogP contribution in [-0.2, 0) is 9.53 Å². The van der Waals surface area contributed by atoms with Gasteiger partial charge in [0.05, 0.1) is 43.4 Å². The lowest BCUT2D eigenvalue weighted by Gasteiger charge is -2.38. The monoisotopic (exact) mass is 434 g/mol. The Bertz CT molecular complexity index is 941. The van der Waals surface area contributed by atoms with Gasteiger partial charge in [-0.2, -0.15) is 0 Å². The minimum absolute atomic E-state index is 0.119. The average Bonchev–Trinajstić information content (AvgIpc) is 3.41. The zero-order valence-corrected chi connectivity index (χ0v) is 17.1. The number of aromatic nitrogens is 3. The molecule has 1 N–H and O–H groups in total. The van der Waals surface area contributed by atoms with Crippen LogP contribution in [0.25, 0.3) is 0 Å². The summed E-state index contributed by atoms with van der Waals surface area (Å²) in [6.07, 6.45) is 2.80. The summed E-state index contributed by atoms with van der Waals surface area (Å²) in [5.41, 5.74) is 0.734. The van der Waals surface area contributed by atoms with E-state index in [1.165, 1.54) is 17.9 Å². The van der Waals surface area contributed by atoms with Crippen LogP contribution in [0.4, 0.5) is 25.0 Å². The van der Waals surface area contributed by atoms with E-state index >= 15 is 0 Å². The minimum Gasteiger partial charge on any atom is -0.442 e. The van der Waals surface area contributed by atoms with Crippen LogP contribution in [0.2, 0.25) is 0 Å².